The van der Waals surface area contributed by atoms with E-state index in [1.807, 2.05) is 6.07 Å². The predicted molar refractivity (Wildman–Crippen MR) is 189 cm³/mol. The Kier molecular flexibility index (Phi) is 6.16. The number of fused-ring (bicyclic) bond motifs is 9. The Morgan fingerprint density at radius 2 is 0.979 bits per heavy atom. The van der Waals surface area contributed by atoms with E-state index in [0.717, 1.165) is 28.1 Å². The molecule has 0 amide bonds. The summed E-state index contributed by atoms with van der Waals surface area (Å²) in [6.07, 6.45) is 4.50. The lowest BCUT2D eigenvalue weighted by atomic mass is 9.66. The first kappa shape index (κ1) is 27.4. The first-order valence-electron chi connectivity index (χ1n) is 15.9. The van der Waals surface area contributed by atoms with Crippen molar-refractivity contribution < 1.29 is 4.39 Å². The van der Waals surface area contributed by atoms with Gasteiger partial charge in [0.25, 0.3) is 0 Å². The second-order valence-electron chi connectivity index (χ2n) is 12.4. The lowest BCUT2D eigenvalue weighted by molar-refractivity contribution is 0.628. The van der Waals surface area contributed by atoms with Gasteiger partial charge in [-0.1, -0.05) is 127 Å². The second kappa shape index (κ2) is 10.6. The third-order valence-electron chi connectivity index (χ3n) is 9.69. The maximum absolute atomic E-state index is 13.9. The Balaban J connectivity index is 1.30. The Hall–Kier alpha value is -5.93. The zero-order valence-electron chi connectivity index (χ0n) is 25.8. The molecule has 2 aliphatic carbocycles. The van der Waals surface area contributed by atoms with Gasteiger partial charge in [0, 0.05) is 16.7 Å². The summed E-state index contributed by atoms with van der Waals surface area (Å²) in [5, 5.41) is 0. The summed E-state index contributed by atoms with van der Waals surface area (Å²) in [5.41, 5.74) is 15.0. The van der Waals surface area contributed by atoms with E-state index < -0.39 is 5.41 Å². The third kappa shape index (κ3) is 4.24. The average Bonchev–Trinajstić information content (AvgIpc) is 3.32. The highest BCUT2D eigenvalue weighted by atomic mass is 19.1. The van der Waals surface area contributed by atoms with Crippen LogP contribution in [0.15, 0.2) is 146 Å². The van der Waals surface area contributed by atoms with Gasteiger partial charge in [0.05, 0.1) is 16.8 Å². The topological polar surface area (TPSA) is 25.8 Å². The number of hydrogen-bond donors (Lipinski definition) is 0. The molecule has 3 heteroatoms. The van der Waals surface area contributed by atoms with Crippen LogP contribution >= 0.6 is 0 Å². The van der Waals surface area contributed by atoms with Crippen LogP contribution in [0.25, 0.3) is 57.2 Å². The molecule has 222 valence electrons. The van der Waals surface area contributed by atoms with Crippen molar-refractivity contribution in [2.75, 3.05) is 0 Å². The number of aryl methyl sites for hydroxylation is 1. The molecule has 1 aromatic heterocycles. The molecule has 0 atom stereocenters. The van der Waals surface area contributed by atoms with Crippen molar-refractivity contribution in [3.63, 3.8) is 0 Å². The van der Waals surface area contributed by atoms with Gasteiger partial charge < -0.3 is 0 Å². The monoisotopic (exact) mass is 604 g/mol. The Bertz CT molecular complexity index is 2250. The Morgan fingerprint density at radius 3 is 1.62 bits per heavy atom. The van der Waals surface area contributed by atoms with Crippen LogP contribution in [0.3, 0.4) is 0 Å². The molecule has 9 rings (SSSR count). The molecule has 0 N–H and O–H groups in total. The first-order chi connectivity index (χ1) is 23.1. The largest absolute Gasteiger partial charge is 0.228 e. The molecule has 0 bridgehead atoms. The van der Waals surface area contributed by atoms with Crippen molar-refractivity contribution >= 4 is 12.2 Å². The van der Waals surface area contributed by atoms with E-state index >= 15 is 0 Å². The predicted octanol–water partition coefficient (Wildman–Crippen LogP) is 10.8. The summed E-state index contributed by atoms with van der Waals surface area (Å²) in [5.74, 6) is 0.358. The SMILES string of the molecule is Cc1ccc(-c2cc(-c3ccc(F)cc3)nc(-c3ccc4c(c3)-c3ccccc3C43c4ccccc4C=Cc4ccccc43)n2)cc1. The van der Waals surface area contributed by atoms with Crippen LogP contribution in [0, 0.1) is 12.7 Å². The molecule has 0 radical (unpaired) electrons. The molecule has 2 nitrogen and oxygen atoms in total. The molecule has 0 unspecified atom stereocenters. The van der Waals surface area contributed by atoms with Gasteiger partial charge in [0.2, 0.25) is 0 Å². The first-order valence-corrected chi connectivity index (χ1v) is 15.9. The molecule has 1 heterocycles. The van der Waals surface area contributed by atoms with E-state index in [2.05, 4.69) is 134 Å². The Morgan fingerprint density at radius 1 is 0.468 bits per heavy atom. The fourth-order valence-electron chi connectivity index (χ4n) is 7.51. The van der Waals surface area contributed by atoms with E-state index in [9.17, 15) is 4.39 Å². The van der Waals surface area contributed by atoms with Crippen LogP contribution in [-0.4, -0.2) is 9.97 Å². The summed E-state index contributed by atoms with van der Waals surface area (Å²) in [6, 6.07) is 49.9. The third-order valence-corrected chi connectivity index (χ3v) is 9.69. The highest BCUT2D eigenvalue weighted by Crippen LogP contribution is 2.58. The van der Waals surface area contributed by atoms with E-state index in [4.69, 9.17) is 9.97 Å². The van der Waals surface area contributed by atoms with Gasteiger partial charge >= 0.3 is 0 Å². The van der Waals surface area contributed by atoms with Crippen molar-refractivity contribution in [1.29, 1.82) is 0 Å². The maximum atomic E-state index is 13.9. The summed E-state index contributed by atoms with van der Waals surface area (Å²) in [7, 11) is 0. The van der Waals surface area contributed by atoms with Crippen LogP contribution in [0.1, 0.15) is 38.9 Å². The minimum atomic E-state index is -0.481. The zero-order valence-corrected chi connectivity index (χ0v) is 25.8. The van der Waals surface area contributed by atoms with Crippen LogP contribution in [0.5, 0.6) is 0 Å². The molecule has 7 aromatic rings. The maximum Gasteiger partial charge on any atom is 0.160 e. The average molecular weight is 605 g/mol. The number of benzene rings is 6. The van der Waals surface area contributed by atoms with E-state index in [0.29, 0.717) is 5.82 Å². The van der Waals surface area contributed by atoms with Crippen molar-refractivity contribution in [2.24, 2.45) is 0 Å². The highest BCUT2D eigenvalue weighted by Gasteiger charge is 2.48. The lowest BCUT2D eigenvalue weighted by Gasteiger charge is -2.35. The molecule has 6 aromatic carbocycles. The number of halogens is 1. The lowest BCUT2D eigenvalue weighted by Crippen LogP contribution is -2.29. The van der Waals surface area contributed by atoms with Crippen LogP contribution < -0.4 is 0 Å². The van der Waals surface area contributed by atoms with Crippen LogP contribution in [0.2, 0.25) is 0 Å². The molecule has 2 aliphatic rings. The molecule has 0 aliphatic heterocycles. The van der Waals surface area contributed by atoms with Crippen molar-refractivity contribution in [3.05, 3.63) is 190 Å². The normalized spacial score (nSPS) is 13.4. The minimum Gasteiger partial charge on any atom is -0.228 e. The Labute approximate surface area is 273 Å². The van der Waals surface area contributed by atoms with Gasteiger partial charge in [-0.05, 0) is 87.8 Å². The standard InChI is InChI=1S/C44H29FN2/c1-28-14-16-31(17-15-28)41-27-42(32-20-23-34(45)24-21-32)47-43(46-41)33-22-25-40-36(26-33)35-10-4-7-13-39(35)44(40)37-11-5-2-8-29(37)18-19-30-9-3-6-12-38(30)44/h2-27H,1H3. The number of nitrogens with zero attached hydrogens (tertiary/aromatic N) is 2. The second-order valence-corrected chi connectivity index (χ2v) is 12.4. The molecule has 1 spiro atoms. The number of hydrogen-bond acceptors (Lipinski definition) is 2. The van der Waals surface area contributed by atoms with Crippen molar-refractivity contribution in [2.45, 2.75) is 12.3 Å². The molecular formula is C44H29FN2. The van der Waals surface area contributed by atoms with Crippen molar-refractivity contribution in [1.82, 2.24) is 9.97 Å². The number of aromatic nitrogens is 2. The van der Waals surface area contributed by atoms with Gasteiger partial charge in [-0.3, -0.25) is 0 Å². The summed E-state index contributed by atoms with van der Waals surface area (Å²) in [4.78, 5) is 10.2. The zero-order chi connectivity index (χ0) is 31.5. The van der Waals surface area contributed by atoms with Gasteiger partial charge in [-0.25, -0.2) is 14.4 Å². The summed E-state index contributed by atoms with van der Waals surface area (Å²) < 4.78 is 13.9. The minimum absolute atomic E-state index is 0.273. The summed E-state index contributed by atoms with van der Waals surface area (Å²) >= 11 is 0. The quantitative estimate of drug-likeness (QED) is 0.200. The molecule has 0 saturated heterocycles. The molecule has 47 heavy (non-hydrogen) atoms. The number of rotatable bonds is 3. The van der Waals surface area contributed by atoms with Gasteiger partial charge in [-0.15, -0.1) is 0 Å². The van der Waals surface area contributed by atoms with Crippen LogP contribution in [0.4, 0.5) is 4.39 Å². The van der Waals surface area contributed by atoms with E-state index in [-0.39, 0.29) is 5.82 Å². The van der Waals surface area contributed by atoms with Crippen LogP contribution in [-0.2, 0) is 5.41 Å². The highest BCUT2D eigenvalue weighted by molar-refractivity contribution is 5.92. The van der Waals surface area contributed by atoms with Crippen molar-refractivity contribution in [3.8, 4) is 45.0 Å². The fourth-order valence-corrected chi connectivity index (χ4v) is 7.51. The van der Waals surface area contributed by atoms with E-state index in [1.165, 1.54) is 62.2 Å². The van der Waals surface area contributed by atoms with Gasteiger partial charge in [0.15, 0.2) is 5.82 Å². The van der Waals surface area contributed by atoms with Gasteiger partial charge in [0.1, 0.15) is 5.82 Å². The molecule has 0 fully saturated rings. The van der Waals surface area contributed by atoms with E-state index in [1.54, 1.807) is 12.1 Å². The molecule has 0 saturated carbocycles. The van der Waals surface area contributed by atoms with Gasteiger partial charge in [-0.2, -0.15) is 0 Å². The fraction of sp³-hybridized carbons (Fsp3) is 0.0455. The molecular weight excluding hydrogens is 575 g/mol. The summed E-state index contributed by atoms with van der Waals surface area (Å²) in [6.45, 7) is 2.08. The smallest absolute Gasteiger partial charge is 0.160 e.